The quantitative estimate of drug-likeness (QED) is 0.623. The Labute approximate surface area is 153 Å². The van der Waals surface area contributed by atoms with Crippen LogP contribution in [0.4, 0.5) is 11.4 Å². The number of hydrogen-bond acceptors (Lipinski definition) is 5. The predicted octanol–water partition coefficient (Wildman–Crippen LogP) is 3.20. The van der Waals surface area contributed by atoms with Crippen molar-refractivity contribution in [2.45, 2.75) is 25.7 Å². The summed E-state index contributed by atoms with van der Waals surface area (Å²) in [5.74, 6) is -0.588. The average Bonchev–Trinajstić information content (AvgIpc) is 2.53. The number of carbonyl (C=O) groups excluding carboxylic acids is 1. The van der Waals surface area contributed by atoms with E-state index in [2.05, 4.69) is 9.46 Å². The lowest BCUT2D eigenvalue weighted by molar-refractivity contribution is 0.0600. The summed E-state index contributed by atoms with van der Waals surface area (Å²) in [6, 6.07) is 7.92. The molecule has 8 heteroatoms. The summed E-state index contributed by atoms with van der Waals surface area (Å²) in [4.78, 5) is 11.8. The molecule has 136 valence electrons. The van der Waals surface area contributed by atoms with Crippen LogP contribution >= 0.6 is 12.4 Å². The molecule has 2 rings (SSSR count). The SMILES string of the molecule is COC(=O)c1cc(C)c(C)c(S(=O)(=O)Nc2cccc(N)c2C)c1.Cl. The fourth-order valence-corrected chi connectivity index (χ4v) is 3.77. The summed E-state index contributed by atoms with van der Waals surface area (Å²) in [6.45, 7) is 5.17. The second-order valence-corrected chi connectivity index (χ2v) is 7.18. The number of nitrogen functional groups attached to an aromatic ring is 1. The molecular formula is C17H21ClN2O4S. The van der Waals surface area contributed by atoms with Gasteiger partial charge in [0.2, 0.25) is 0 Å². The molecule has 25 heavy (non-hydrogen) atoms. The Balaban J connectivity index is 0.00000312. The van der Waals surface area contributed by atoms with Crippen molar-refractivity contribution >= 4 is 39.8 Å². The van der Waals surface area contributed by atoms with Crippen LogP contribution in [0.2, 0.25) is 0 Å². The van der Waals surface area contributed by atoms with Gasteiger partial charge in [-0.25, -0.2) is 13.2 Å². The Bertz CT molecular complexity index is 911. The van der Waals surface area contributed by atoms with Gasteiger partial charge in [-0.3, -0.25) is 4.72 Å². The van der Waals surface area contributed by atoms with E-state index in [1.165, 1.54) is 13.2 Å². The van der Waals surface area contributed by atoms with E-state index in [1.54, 1.807) is 45.0 Å². The van der Waals surface area contributed by atoms with Gasteiger partial charge >= 0.3 is 5.97 Å². The highest BCUT2D eigenvalue weighted by Gasteiger charge is 2.22. The molecule has 3 N–H and O–H groups in total. The molecule has 0 aliphatic rings. The van der Waals surface area contributed by atoms with Gasteiger partial charge < -0.3 is 10.5 Å². The summed E-state index contributed by atoms with van der Waals surface area (Å²) < 4.78 is 32.8. The maximum absolute atomic E-state index is 12.8. The number of ether oxygens (including phenoxy) is 1. The number of aryl methyl sites for hydroxylation is 1. The van der Waals surface area contributed by atoms with Crippen molar-refractivity contribution in [1.29, 1.82) is 0 Å². The van der Waals surface area contributed by atoms with Gasteiger partial charge in [0.25, 0.3) is 10.0 Å². The number of sulfonamides is 1. The molecule has 0 bridgehead atoms. The Hall–Kier alpha value is -2.25. The van der Waals surface area contributed by atoms with Gasteiger partial charge in [-0.2, -0.15) is 0 Å². The normalized spacial score (nSPS) is 10.7. The first-order chi connectivity index (χ1) is 11.2. The molecule has 2 aromatic carbocycles. The van der Waals surface area contributed by atoms with E-state index >= 15 is 0 Å². The van der Waals surface area contributed by atoms with Crippen LogP contribution in [0, 0.1) is 20.8 Å². The third-order valence-electron chi connectivity index (χ3n) is 3.95. The van der Waals surface area contributed by atoms with E-state index in [1.807, 2.05) is 0 Å². The number of carbonyl (C=O) groups is 1. The predicted molar refractivity (Wildman–Crippen MR) is 101 cm³/mol. The number of halogens is 1. The van der Waals surface area contributed by atoms with Crippen LogP contribution in [0.15, 0.2) is 35.2 Å². The largest absolute Gasteiger partial charge is 0.465 e. The molecule has 0 spiro atoms. The van der Waals surface area contributed by atoms with Gasteiger partial charge in [-0.05, 0) is 61.7 Å². The zero-order valence-electron chi connectivity index (χ0n) is 14.4. The molecule has 0 atom stereocenters. The molecule has 0 aliphatic heterocycles. The van der Waals surface area contributed by atoms with E-state index in [-0.39, 0.29) is 22.9 Å². The van der Waals surface area contributed by atoms with E-state index in [4.69, 9.17) is 5.73 Å². The maximum atomic E-state index is 12.8. The fourth-order valence-electron chi connectivity index (χ4n) is 2.31. The zero-order valence-corrected chi connectivity index (χ0v) is 16.0. The third-order valence-corrected chi connectivity index (χ3v) is 5.44. The molecule has 6 nitrogen and oxygen atoms in total. The summed E-state index contributed by atoms with van der Waals surface area (Å²) >= 11 is 0. The van der Waals surface area contributed by atoms with E-state index in [0.29, 0.717) is 28.1 Å². The lowest BCUT2D eigenvalue weighted by Crippen LogP contribution is -2.17. The smallest absolute Gasteiger partial charge is 0.337 e. The highest BCUT2D eigenvalue weighted by Crippen LogP contribution is 2.27. The summed E-state index contributed by atoms with van der Waals surface area (Å²) in [6.07, 6.45) is 0. The van der Waals surface area contributed by atoms with Crippen molar-refractivity contribution in [1.82, 2.24) is 0 Å². The third kappa shape index (κ3) is 4.24. The first kappa shape index (κ1) is 20.8. The van der Waals surface area contributed by atoms with Crippen molar-refractivity contribution in [3.05, 3.63) is 52.6 Å². The highest BCUT2D eigenvalue weighted by molar-refractivity contribution is 7.92. The molecule has 0 fully saturated rings. The van der Waals surface area contributed by atoms with E-state index in [0.717, 1.165) is 0 Å². The van der Waals surface area contributed by atoms with Crippen LogP contribution in [0.3, 0.4) is 0 Å². The molecule has 0 saturated carbocycles. The van der Waals surface area contributed by atoms with Crippen molar-refractivity contribution in [3.8, 4) is 0 Å². The fraction of sp³-hybridized carbons (Fsp3) is 0.235. The summed E-state index contributed by atoms with van der Waals surface area (Å²) in [7, 11) is -2.63. The molecule has 0 saturated heterocycles. The second kappa shape index (κ2) is 7.76. The number of hydrogen-bond donors (Lipinski definition) is 2. The summed E-state index contributed by atoms with van der Waals surface area (Å²) in [5, 5.41) is 0. The minimum atomic E-state index is -3.88. The molecule has 0 aliphatic carbocycles. The molecular weight excluding hydrogens is 364 g/mol. The molecule has 0 radical (unpaired) electrons. The molecule has 0 heterocycles. The van der Waals surface area contributed by atoms with Gasteiger partial charge in [0.15, 0.2) is 0 Å². The van der Waals surface area contributed by atoms with Gasteiger partial charge in [-0.15, -0.1) is 12.4 Å². The number of nitrogens with one attached hydrogen (secondary N) is 1. The molecule has 2 aromatic rings. The molecule has 0 unspecified atom stereocenters. The number of benzene rings is 2. The lowest BCUT2D eigenvalue weighted by Gasteiger charge is -2.15. The number of nitrogens with two attached hydrogens (primary N) is 1. The zero-order chi connectivity index (χ0) is 18.1. The van der Waals surface area contributed by atoms with E-state index < -0.39 is 16.0 Å². The number of esters is 1. The monoisotopic (exact) mass is 384 g/mol. The first-order valence-electron chi connectivity index (χ1n) is 7.25. The number of methoxy groups -OCH3 is 1. The highest BCUT2D eigenvalue weighted by atomic mass is 35.5. The van der Waals surface area contributed by atoms with E-state index in [9.17, 15) is 13.2 Å². The number of rotatable bonds is 4. The van der Waals surface area contributed by atoms with Crippen LogP contribution < -0.4 is 10.5 Å². The Kier molecular flexibility index (Phi) is 6.45. The van der Waals surface area contributed by atoms with Gasteiger partial charge in [0, 0.05) is 5.69 Å². The molecule has 0 amide bonds. The Morgan fingerprint density at radius 1 is 1.12 bits per heavy atom. The molecule has 0 aromatic heterocycles. The standard InChI is InChI=1S/C17H20N2O4S.ClH/c1-10-8-13(17(20)23-4)9-16(11(10)2)24(21,22)19-15-7-5-6-14(18)12(15)3;/h5-9,19H,18H2,1-4H3;1H. The van der Waals surface area contributed by atoms with Crippen molar-refractivity contribution in [2.24, 2.45) is 0 Å². The maximum Gasteiger partial charge on any atom is 0.337 e. The van der Waals surface area contributed by atoms with Gasteiger partial charge in [0.05, 0.1) is 23.3 Å². The second-order valence-electron chi connectivity index (χ2n) is 5.53. The Morgan fingerprint density at radius 2 is 1.76 bits per heavy atom. The lowest BCUT2D eigenvalue weighted by atomic mass is 10.1. The first-order valence-corrected chi connectivity index (χ1v) is 8.73. The van der Waals surface area contributed by atoms with Crippen LogP contribution in [-0.2, 0) is 14.8 Å². The van der Waals surface area contributed by atoms with Crippen molar-refractivity contribution in [3.63, 3.8) is 0 Å². The topological polar surface area (TPSA) is 98.5 Å². The van der Waals surface area contributed by atoms with Gasteiger partial charge in [-0.1, -0.05) is 6.07 Å². The van der Waals surface area contributed by atoms with Crippen molar-refractivity contribution < 1.29 is 17.9 Å². The van der Waals surface area contributed by atoms with Crippen LogP contribution in [-0.4, -0.2) is 21.5 Å². The minimum Gasteiger partial charge on any atom is -0.465 e. The number of anilines is 2. The van der Waals surface area contributed by atoms with Crippen molar-refractivity contribution in [2.75, 3.05) is 17.6 Å². The minimum absolute atomic E-state index is 0. The van der Waals surface area contributed by atoms with Crippen LogP contribution in [0.25, 0.3) is 0 Å². The van der Waals surface area contributed by atoms with Gasteiger partial charge in [0.1, 0.15) is 0 Å². The van der Waals surface area contributed by atoms with Crippen LogP contribution in [0.5, 0.6) is 0 Å². The average molecular weight is 385 g/mol. The van der Waals surface area contributed by atoms with Crippen LogP contribution in [0.1, 0.15) is 27.0 Å². The summed E-state index contributed by atoms with van der Waals surface area (Å²) in [5.41, 5.74) is 8.78. The Morgan fingerprint density at radius 3 is 2.36 bits per heavy atom.